The zero-order valence-electron chi connectivity index (χ0n) is 16.5. The van der Waals surface area contributed by atoms with Crippen LogP contribution in [0.4, 0.5) is 4.79 Å². The van der Waals surface area contributed by atoms with Crippen molar-refractivity contribution < 1.29 is 14.3 Å². The van der Waals surface area contributed by atoms with Crippen molar-refractivity contribution in [1.29, 1.82) is 0 Å². The van der Waals surface area contributed by atoms with Crippen LogP contribution >= 0.6 is 11.6 Å². The van der Waals surface area contributed by atoms with Crippen molar-refractivity contribution in [2.75, 3.05) is 0 Å². The van der Waals surface area contributed by atoms with Crippen molar-refractivity contribution in [2.24, 2.45) is 0 Å². The van der Waals surface area contributed by atoms with Gasteiger partial charge in [-0.2, -0.15) is 0 Å². The van der Waals surface area contributed by atoms with Gasteiger partial charge >= 0.3 is 6.09 Å². The lowest BCUT2D eigenvalue weighted by Gasteiger charge is -2.19. The molecule has 1 amide bonds. The number of aldehydes is 1. The number of hydrogen-bond acceptors (Lipinski definition) is 5. The van der Waals surface area contributed by atoms with Crippen LogP contribution in [0.2, 0.25) is 5.02 Å². The minimum atomic E-state index is -0.582. The number of hydrogen-bond donors (Lipinski definition) is 1. The number of amides is 1. The van der Waals surface area contributed by atoms with Crippen LogP contribution < -0.4 is 5.32 Å². The smallest absolute Gasteiger partial charge is 0.407 e. The second-order valence-electron chi connectivity index (χ2n) is 7.71. The van der Waals surface area contributed by atoms with E-state index in [-0.39, 0.29) is 6.54 Å². The number of aromatic nitrogens is 2. The maximum atomic E-state index is 11.9. The summed E-state index contributed by atoms with van der Waals surface area (Å²) in [5, 5.41) is 4.18. The van der Waals surface area contributed by atoms with Crippen molar-refractivity contribution in [3.8, 4) is 0 Å². The maximum Gasteiger partial charge on any atom is 0.407 e. The first-order chi connectivity index (χ1) is 13.7. The van der Waals surface area contributed by atoms with Gasteiger partial charge < -0.3 is 10.1 Å². The van der Waals surface area contributed by atoms with E-state index in [9.17, 15) is 9.59 Å². The summed E-state index contributed by atoms with van der Waals surface area (Å²) in [4.78, 5) is 32.1. The van der Waals surface area contributed by atoms with E-state index in [0.717, 1.165) is 28.4 Å². The number of alkyl carbamates (subject to hydrolysis) is 1. The number of fused-ring (bicyclic) bond motifs is 1. The Balaban J connectivity index is 1.78. The number of benzene rings is 1. The van der Waals surface area contributed by atoms with Crippen molar-refractivity contribution in [2.45, 2.75) is 39.3 Å². The van der Waals surface area contributed by atoms with E-state index < -0.39 is 11.7 Å². The van der Waals surface area contributed by atoms with Crippen LogP contribution in [0.25, 0.3) is 10.9 Å². The topological polar surface area (TPSA) is 81.2 Å². The molecule has 0 spiro atoms. The minimum absolute atomic E-state index is 0.168. The van der Waals surface area contributed by atoms with Crippen molar-refractivity contribution >= 4 is 34.9 Å². The van der Waals surface area contributed by atoms with E-state index in [1.54, 1.807) is 39.1 Å². The molecule has 1 aromatic carbocycles. The summed E-state index contributed by atoms with van der Waals surface area (Å²) < 4.78 is 5.23. The number of rotatable bonds is 5. The van der Waals surface area contributed by atoms with Gasteiger partial charge in [0, 0.05) is 29.3 Å². The summed E-state index contributed by atoms with van der Waals surface area (Å²) >= 11 is 6.03. The number of pyridine rings is 2. The SMILES string of the molecule is CC(C)(C)OC(=O)NCc1cc(C=O)cc(Cc2ccc3ncc(Cl)cc3c2)n1. The molecule has 7 heteroatoms. The highest BCUT2D eigenvalue weighted by molar-refractivity contribution is 6.31. The van der Waals surface area contributed by atoms with E-state index >= 15 is 0 Å². The van der Waals surface area contributed by atoms with E-state index in [2.05, 4.69) is 15.3 Å². The fourth-order valence-electron chi connectivity index (χ4n) is 2.87. The highest BCUT2D eigenvalue weighted by atomic mass is 35.5. The summed E-state index contributed by atoms with van der Waals surface area (Å²) in [6, 6.07) is 11.1. The molecule has 0 unspecified atom stereocenters. The average Bonchev–Trinajstić information content (AvgIpc) is 2.64. The average molecular weight is 412 g/mol. The van der Waals surface area contributed by atoms with Gasteiger partial charge in [-0.3, -0.25) is 14.8 Å². The molecule has 150 valence electrons. The molecule has 0 aliphatic rings. The van der Waals surface area contributed by atoms with Crippen LogP contribution in [0.1, 0.15) is 48.1 Å². The largest absolute Gasteiger partial charge is 0.444 e. The highest BCUT2D eigenvalue weighted by Gasteiger charge is 2.16. The molecule has 0 aliphatic carbocycles. The molecular weight excluding hydrogens is 390 g/mol. The van der Waals surface area contributed by atoms with Gasteiger partial charge in [0.05, 0.1) is 22.8 Å². The van der Waals surface area contributed by atoms with E-state index in [1.165, 1.54) is 0 Å². The van der Waals surface area contributed by atoms with Gasteiger partial charge in [-0.15, -0.1) is 0 Å². The molecule has 3 rings (SSSR count). The molecule has 6 nitrogen and oxygen atoms in total. The van der Waals surface area contributed by atoms with E-state index in [0.29, 0.717) is 22.7 Å². The molecule has 2 heterocycles. The normalized spacial score (nSPS) is 11.3. The molecule has 3 aromatic rings. The monoisotopic (exact) mass is 411 g/mol. The highest BCUT2D eigenvalue weighted by Crippen LogP contribution is 2.20. The van der Waals surface area contributed by atoms with Gasteiger partial charge in [0.2, 0.25) is 0 Å². The zero-order chi connectivity index (χ0) is 21.0. The lowest BCUT2D eigenvalue weighted by molar-refractivity contribution is 0.0523. The third kappa shape index (κ3) is 5.99. The Labute approximate surface area is 174 Å². The maximum absolute atomic E-state index is 11.9. The van der Waals surface area contributed by atoms with E-state index in [4.69, 9.17) is 16.3 Å². The molecule has 29 heavy (non-hydrogen) atoms. The number of halogens is 1. The summed E-state index contributed by atoms with van der Waals surface area (Å²) in [5.41, 5.74) is 3.10. The van der Waals surface area contributed by atoms with Crippen LogP contribution in [0, 0.1) is 0 Å². The fourth-order valence-corrected chi connectivity index (χ4v) is 3.04. The molecule has 0 radical (unpaired) electrons. The first-order valence-corrected chi connectivity index (χ1v) is 9.56. The Morgan fingerprint density at radius 1 is 1.17 bits per heavy atom. The van der Waals surface area contributed by atoms with Crippen molar-refractivity contribution in [3.05, 3.63) is 70.1 Å². The minimum Gasteiger partial charge on any atom is -0.444 e. The Bertz CT molecular complexity index is 1060. The summed E-state index contributed by atoms with van der Waals surface area (Å²) in [5.74, 6) is 0. The molecule has 0 saturated heterocycles. The fraction of sp³-hybridized carbons (Fsp3) is 0.273. The summed E-state index contributed by atoms with van der Waals surface area (Å²) in [6.07, 6.45) is 2.38. The Hall–Kier alpha value is -2.99. The lowest BCUT2D eigenvalue weighted by atomic mass is 10.0. The first-order valence-electron chi connectivity index (χ1n) is 9.18. The Kier molecular flexibility index (Phi) is 6.13. The Morgan fingerprint density at radius 3 is 2.66 bits per heavy atom. The predicted molar refractivity (Wildman–Crippen MR) is 112 cm³/mol. The molecule has 0 bridgehead atoms. The van der Waals surface area contributed by atoms with Gasteiger partial charge in [0.1, 0.15) is 11.9 Å². The van der Waals surface area contributed by atoms with Gasteiger partial charge in [0.15, 0.2) is 0 Å². The number of carbonyl (C=O) groups excluding carboxylic acids is 2. The van der Waals surface area contributed by atoms with Crippen molar-refractivity contribution in [1.82, 2.24) is 15.3 Å². The molecule has 2 aromatic heterocycles. The van der Waals surface area contributed by atoms with Crippen LogP contribution in [0.3, 0.4) is 0 Å². The number of nitrogens with one attached hydrogen (secondary N) is 1. The molecular formula is C22H22ClN3O3. The van der Waals surface area contributed by atoms with Gasteiger partial charge in [-0.05, 0) is 56.7 Å². The van der Waals surface area contributed by atoms with Crippen LogP contribution in [-0.2, 0) is 17.7 Å². The molecule has 0 fully saturated rings. The predicted octanol–water partition coefficient (Wildman–Crippen LogP) is 4.71. The third-order valence-electron chi connectivity index (χ3n) is 4.00. The second-order valence-corrected chi connectivity index (χ2v) is 8.15. The molecule has 1 N–H and O–H groups in total. The number of nitrogens with zero attached hydrogens (tertiary/aromatic N) is 2. The molecule has 0 aliphatic heterocycles. The van der Waals surface area contributed by atoms with Crippen LogP contribution in [-0.4, -0.2) is 27.9 Å². The van der Waals surface area contributed by atoms with Gasteiger partial charge in [0.25, 0.3) is 0 Å². The van der Waals surface area contributed by atoms with Crippen molar-refractivity contribution in [3.63, 3.8) is 0 Å². The lowest BCUT2D eigenvalue weighted by Crippen LogP contribution is -2.32. The van der Waals surface area contributed by atoms with Crippen LogP contribution in [0.5, 0.6) is 0 Å². The van der Waals surface area contributed by atoms with Crippen LogP contribution in [0.15, 0.2) is 42.6 Å². The second kappa shape index (κ2) is 8.57. The van der Waals surface area contributed by atoms with E-state index in [1.807, 2.05) is 24.3 Å². The molecule has 0 atom stereocenters. The quantitative estimate of drug-likeness (QED) is 0.615. The van der Waals surface area contributed by atoms with Gasteiger partial charge in [-0.25, -0.2) is 4.79 Å². The summed E-state index contributed by atoms with van der Waals surface area (Å²) in [7, 11) is 0. The number of carbonyl (C=O) groups is 2. The standard InChI is InChI=1S/C22H22ClN3O3/c1-22(2,3)29-21(28)25-12-19-9-15(13-27)8-18(26-19)7-14-4-5-20-16(6-14)10-17(23)11-24-20/h4-6,8-11,13H,7,12H2,1-3H3,(H,25,28). The third-order valence-corrected chi connectivity index (χ3v) is 4.21. The first kappa shape index (κ1) is 20.7. The number of ether oxygens (including phenoxy) is 1. The zero-order valence-corrected chi connectivity index (χ0v) is 17.3. The molecule has 0 saturated carbocycles. The summed E-state index contributed by atoms with van der Waals surface area (Å²) in [6.45, 7) is 5.55. The van der Waals surface area contributed by atoms with Gasteiger partial charge in [-0.1, -0.05) is 17.7 Å². The Morgan fingerprint density at radius 2 is 1.93 bits per heavy atom.